The maximum absolute atomic E-state index is 12.2. The first-order valence-corrected chi connectivity index (χ1v) is 6.76. The van der Waals surface area contributed by atoms with Crippen molar-refractivity contribution in [1.82, 2.24) is 5.32 Å². The van der Waals surface area contributed by atoms with Crippen LogP contribution in [0.1, 0.15) is 37.0 Å². The van der Waals surface area contributed by atoms with Crippen LogP contribution in [0, 0.1) is 10.1 Å². The van der Waals surface area contributed by atoms with E-state index in [1.807, 2.05) is 13.8 Å². The fraction of sp³-hybridized carbons (Fsp3) is 0.500. The van der Waals surface area contributed by atoms with E-state index in [1.54, 1.807) is 0 Å². The van der Waals surface area contributed by atoms with Crippen molar-refractivity contribution in [2.45, 2.75) is 32.2 Å². The molecular weight excluding hydrogens is 274 g/mol. The molecule has 21 heavy (non-hydrogen) atoms. The summed E-state index contributed by atoms with van der Waals surface area (Å²) in [5, 5.41) is 13.5. The highest BCUT2D eigenvalue weighted by atomic mass is 16.6. The number of nitrogens with zero attached hydrogens (tertiary/aromatic N) is 1. The van der Waals surface area contributed by atoms with E-state index in [1.165, 1.54) is 25.3 Å². The molecule has 0 heterocycles. The van der Waals surface area contributed by atoms with Crippen LogP contribution in [0.25, 0.3) is 0 Å². The van der Waals surface area contributed by atoms with Gasteiger partial charge < -0.3 is 15.8 Å². The molecule has 0 atom stereocenters. The lowest BCUT2D eigenvalue weighted by molar-refractivity contribution is -0.384. The molecule has 1 aromatic carbocycles. The van der Waals surface area contributed by atoms with Gasteiger partial charge in [0.2, 0.25) is 0 Å². The van der Waals surface area contributed by atoms with Gasteiger partial charge in [-0.05, 0) is 18.9 Å². The van der Waals surface area contributed by atoms with Crippen molar-refractivity contribution in [2.24, 2.45) is 5.73 Å². The third-order valence-electron chi connectivity index (χ3n) is 3.65. The third kappa shape index (κ3) is 4.16. The van der Waals surface area contributed by atoms with E-state index < -0.39 is 16.4 Å². The van der Waals surface area contributed by atoms with E-state index in [2.05, 4.69) is 5.32 Å². The highest BCUT2D eigenvalue weighted by Crippen LogP contribution is 2.24. The van der Waals surface area contributed by atoms with Gasteiger partial charge in [-0.1, -0.05) is 13.8 Å². The number of nitrogens with one attached hydrogen (secondary N) is 1. The van der Waals surface area contributed by atoms with E-state index in [-0.39, 0.29) is 17.0 Å². The molecule has 0 unspecified atom stereocenters. The standard InChI is InChI=1S/C14H21N3O4/c1-4-14(15,5-2)9-16-13(18)11-8-10(17(19)20)6-7-12(11)21-3/h6-8H,4-5,9,15H2,1-3H3,(H,16,18). The molecule has 0 saturated carbocycles. The van der Waals surface area contributed by atoms with E-state index in [0.717, 1.165) is 12.8 Å². The van der Waals surface area contributed by atoms with Crippen molar-refractivity contribution >= 4 is 11.6 Å². The average molecular weight is 295 g/mol. The minimum Gasteiger partial charge on any atom is -0.496 e. The zero-order valence-corrected chi connectivity index (χ0v) is 12.5. The van der Waals surface area contributed by atoms with Crippen molar-refractivity contribution in [2.75, 3.05) is 13.7 Å². The molecule has 0 aromatic heterocycles. The molecule has 0 aliphatic heterocycles. The molecule has 0 fully saturated rings. The third-order valence-corrected chi connectivity index (χ3v) is 3.65. The first-order valence-electron chi connectivity index (χ1n) is 6.76. The Labute approximate surface area is 123 Å². The van der Waals surface area contributed by atoms with Crippen molar-refractivity contribution in [1.29, 1.82) is 0 Å². The van der Waals surface area contributed by atoms with E-state index in [4.69, 9.17) is 10.5 Å². The molecule has 7 heteroatoms. The van der Waals surface area contributed by atoms with Crippen LogP contribution in [-0.2, 0) is 0 Å². The van der Waals surface area contributed by atoms with Gasteiger partial charge in [-0.25, -0.2) is 0 Å². The zero-order chi connectivity index (χ0) is 16.0. The second-order valence-corrected chi connectivity index (χ2v) is 4.89. The van der Waals surface area contributed by atoms with Crippen LogP contribution < -0.4 is 15.8 Å². The summed E-state index contributed by atoms with van der Waals surface area (Å²) in [6.07, 6.45) is 1.44. The number of benzene rings is 1. The van der Waals surface area contributed by atoms with E-state index >= 15 is 0 Å². The summed E-state index contributed by atoms with van der Waals surface area (Å²) in [6.45, 7) is 4.19. The average Bonchev–Trinajstić information content (AvgIpc) is 2.51. The lowest BCUT2D eigenvalue weighted by Gasteiger charge is -2.26. The molecule has 3 N–H and O–H groups in total. The topological polar surface area (TPSA) is 107 Å². The molecule has 0 aliphatic rings. The zero-order valence-electron chi connectivity index (χ0n) is 12.5. The number of rotatable bonds is 7. The number of nitro benzene ring substituents is 1. The van der Waals surface area contributed by atoms with Gasteiger partial charge in [0.15, 0.2) is 0 Å². The predicted molar refractivity (Wildman–Crippen MR) is 79.5 cm³/mol. The number of carbonyl (C=O) groups excluding carboxylic acids is 1. The van der Waals surface area contributed by atoms with Crippen molar-refractivity contribution in [3.05, 3.63) is 33.9 Å². The first-order chi connectivity index (χ1) is 9.86. The van der Waals surface area contributed by atoms with E-state index in [0.29, 0.717) is 6.54 Å². The number of hydrogen-bond acceptors (Lipinski definition) is 5. The Kier molecular flexibility index (Phi) is 5.66. The molecule has 1 rings (SSSR count). The molecule has 116 valence electrons. The molecule has 1 aromatic rings. The molecule has 0 saturated heterocycles. The molecule has 0 radical (unpaired) electrons. The van der Waals surface area contributed by atoms with Gasteiger partial charge in [-0.2, -0.15) is 0 Å². The quantitative estimate of drug-likeness (QED) is 0.589. The van der Waals surface area contributed by atoms with Gasteiger partial charge in [0.1, 0.15) is 5.75 Å². The van der Waals surface area contributed by atoms with Gasteiger partial charge in [0.25, 0.3) is 11.6 Å². The maximum Gasteiger partial charge on any atom is 0.270 e. The minimum absolute atomic E-state index is 0.126. The second-order valence-electron chi connectivity index (χ2n) is 4.89. The van der Waals surface area contributed by atoms with Crippen LogP contribution >= 0.6 is 0 Å². The summed E-state index contributed by atoms with van der Waals surface area (Å²) < 4.78 is 5.07. The van der Waals surface area contributed by atoms with Crippen LogP contribution in [0.15, 0.2) is 18.2 Å². The summed E-state index contributed by atoms with van der Waals surface area (Å²) in [6, 6.07) is 3.90. The fourth-order valence-corrected chi connectivity index (χ4v) is 1.84. The van der Waals surface area contributed by atoms with E-state index in [9.17, 15) is 14.9 Å². The number of methoxy groups -OCH3 is 1. The fourth-order valence-electron chi connectivity index (χ4n) is 1.84. The normalized spacial score (nSPS) is 11.0. The summed E-state index contributed by atoms with van der Waals surface area (Å²) >= 11 is 0. The van der Waals surface area contributed by atoms with Gasteiger partial charge in [-0.15, -0.1) is 0 Å². The Morgan fingerprint density at radius 2 is 2.05 bits per heavy atom. The largest absolute Gasteiger partial charge is 0.496 e. The van der Waals surface area contributed by atoms with Gasteiger partial charge in [0, 0.05) is 24.2 Å². The van der Waals surface area contributed by atoms with Crippen LogP contribution in [0.2, 0.25) is 0 Å². The van der Waals surface area contributed by atoms with Gasteiger partial charge in [-0.3, -0.25) is 14.9 Å². The maximum atomic E-state index is 12.2. The number of nitro groups is 1. The number of ether oxygens (including phenoxy) is 1. The molecule has 7 nitrogen and oxygen atoms in total. The molecule has 0 bridgehead atoms. The molecule has 0 aliphatic carbocycles. The van der Waals surface area contributed by atoms with Crippen molar-refractivity contribution in [3.63, 3.8) is 0 Å². The highest BCUT2D eigenvalue weighted by molar-refractivity contribution is 5.97. The number of non-ortho nitro benzene ring substituents is 1. The predicted octanol–water partition coefficient (Wildman–Crippen LogP) is 1.85. The Morgan fingerprint density at radius 3 is 2.52 bits per heavy atom. The summed E-state index contributed by atoms with van der Waals surface area (Å²) in [4.78, 5) is 22.5. The SMILES string of the molecule is CCC(N)(CC)CNC(=O)c1cc([N+](=O)[O-])ccc1OC. The van der Waals surface area contributed by atoms with Crippen molar-refractivity contribution in [3.8, 4) is 5.75 Å². The smallest absolute Gasteiger partial charge is 0.270 e. The molecular formula is C14H21N3O4. The minimum atomic E-state index is -0.554. The number of hydrogen-bond donors (Lipinski definition) is 2. The number of carbonyl (C=O) groups is 1. The second kappa shape index (κ2) is 7.03. The van der Waals surface area contributed by atoms with Crippen LogP contribution in [0.4, 0.5) is 5.69 Å². The van der Waals surface area contributed by atoms with Crippen molar-refractivity contribution < 1.29 is 14.5 Å². The van der Waals surface area contributed by atoms with Gasteiger partial charge in [0.05, 0.1) is 17.6 Å². The van der Waals surface area contributed by atoms with Crippen LogP contribution in [0.5, 0.6) is 5.75 Å². The lowest BCUT2D eigenvalue weighted by atomic mass is 9.94. The van der Waals surface area contributed by atoms with Crippen LogP contribution in [-0.4, -0.2) is 30.0 Å². The highest BCUT2D eigenvalue weighted by Gasteiger charge is 2.23. The first kappa shape index (κ1) is 16.9. The summed E-state index contributed by atoms with van der Waals surface area (Å²) in [7, 11) is 1.41. The number of amides is 1. The molecule has 1 amide bonds. The monoisotopic (exact) mass is 295 g/mol. The Morgan fingerprint density at radius 1 is 1.43 bits per heavy atom. The lowest BCUT2D eigenvalue weighted by Crippen LogP contribution is -2.49. The van der Waals surface area contributed by atoms with Crippen LogP contribution in [0.3, 0.4) is 0 Å². The summed E-state index contributed by atoms with van der Waals surface area (Å²) in [5.41, 5.74) is 5.60. The van der Waals surface area contributed by atoms with Gasteiger partial charge >= 0.3 is 0 Å². The molecule has 0 spiro atoms. The Bertz CT molecular complexity index is 527. The Hall–Kier alpha value is -2.15. The number of nitrogens with two attached hydrogens (primary N) is 1. The summed E-state index contributed by atoms with van der Waals surface area (Å²) in [5.74, 6) is -0.152. The Balaban J connectivity index is 2.95.